The van der Waals surface area contributed by atoms with Crippen molar-refractivity contribution in [1.29, 1.82) is 0 Å². The summed E-state index contributed by atoms with van der Waals surface area (Å²) < 4.78 is 5.92. The quantitative estimate of drug-likeness (QED) is 0.541. The van der Waals surface area contributed by atoms with Crippen molar-refractivity contribution in [3.63, 3.8) is 0 Å². The van der Waals surface area contributed by atoms with Crippen LogP contribution in [0, 0.1) is 0 Å². The highest BCUT2D eigenvalue weighted by Crippen LogP contribution is 2.42. The highest BCUT2D eigenvalue weighted by atomic mass is 32.1. The summed E-state index contributed by atoms with van der Waals surface area (Å²) >= 11 is 1.47. The highest BCUT2D eigenvalue weighted by Gasteiger charge is 2.45. The second kappa shape index (κ2) is 7.71. The number of rotatable bonds is 5. The van der Waals surface area contributed by atoms with Gasteiger partial charge in [-0.15, -0.1) is 11.3 Å². The van der Waals surface area contributed by atoms with Gasteiger partial charge >= 0.3 is 0 Å². The maximum atomic E-state index is 13.8. The first kappa shape index (κ1) is 19.6. The summed E-state index contributed by atoms with van der Waals surface area (Å²) in [4.78, 5) is 31.6. The molecular formula is C25H22N2O3S. The summed E-state index contributed by atoms with van der Waals surface area (Å²) in [6, 6.07) is 19.1. The van der Waals surface area contributed by atoms with Gasteiger partial charge in [0.25, 0.3) is 11.8 Å². The minimum atomic E-state index is -0.315. The van der Waals surface area contributed by atoms with E-state index in [4.69, 9.17) is 4.74 Å². The Morgan fingerprint density at radius 2 is 1.65 bits per heavy atom. The van der Waals surface area contributed by atoms with E-state index in [9.17, 15) is 9.59 Å². The minimum Gasteiger partial charge on any atom is -0.489 e. The summed E-state index contributed by atoms with van der Waals surface area (Å²) in [5, 5.41) is 1.92. The van der Waals surface area contributed by atoms with Gasteiger partial charge in [0.05, 0.1) is 17.4 Å². The van der Waals surface area contributed by atoms with Gasteiger partial charge in [-0.2, -0.15) is 0 Å². The predicted octanol–water partition coefficient (Wildman–Crippen LogP) is 4.88. The van der Waals surface area contributed by atoms with Crippen LogP contribution in [0.4, 0.5) is 11.4 Å². The molecule has 0 N–H and O–H groups in total. The van der Waals surface area contributed by atoms with Crippen LogP contribution in [-0.4, -0.2) is 24.5 Å². The zero-order valence-corrected chi connectivity index (χ0v) is 18.2. The smallest absolute Gasteiger partial charge is 0.282 e. The zero-order valence-electron chi connectivity index (χ0n) is 17.4. The van der Waals surface area contributed by atoms with E-state index in [1.54, 1.807) is 12.1 Å². The van der Waals surface area contributed by atoms with Crippen molar-refractivity contribution in [2.45, 2.75) is 26.4 Å². The standard InChI is InChI=1S/C25H22N2O3S/c1-16(2)30-20-11-6-5-10-19(20)27-24(28)22(21-12-7-15-31-21)23(25(27)29)26-14-13-17-8-3-4-9-18(17)26/h3-12,15-16H,13-14H2,1-2H3. The third-order valence-electron chi connectivity index (χ3n) is 5.45. The SMILES string of the molecule is CC(C)Oc1ccccc1N1C(=O)C(c2cccs2)=C(N2CCc3ccccc32)C1=O. The number of hydrogen-bond donors (Lipinski definition) is 0. The first-order chi connectivity index (χ1) is 15.1. The Kier molecular flexibility index (Phi) is 4.87. The van der Waals surface area contributed by atoms with Gasteiger partial charge in [-0.05, 0) is 55.5 Å². The number of benzene rings is 2. The van der Waals surface area contributed by atoms with Crippen LogP contribution in [0.1, 0.15) is 24.3 Å². The van der Waals surface area contributed by atoms with Crippen LogP contribution >= 0.6 is 11.3 Å². The molecule has 5 rings (SSSR count). The Bertz CT molecular complexity index is 1200. The van der Waals surface area contributed by atoms with Crippen LogP contribution in [0.2, 0.25) is 0 Å². The summed E-state index contributed by atoms with van der Waals surface area (Å²) in [7, 11) is 0. The Morgan fingerprint density at radius 3 is 2.39 bits per heavy atom. The number of fused-ring (bicyclic) bond motifs is 1. The second-order valence-electron chi connectivity index (χ2n) is 7.81. The van der Waals surface area contributed by atoms with Crippen LogP contribution in [0.25, 0.3) is 5.57 Å². The van der Waals surface area contributed by atoms with Gasteiger partial charge in [0.15, 0.2) is 0 Å². The van der Waals surface area contributed by atoms with Crippen molar-refractivity contribution < 1.29 is 14.3 Å². The molecule has 1 aromatic heterocycles. The second-order valence-corrected chi connectivity index (χ2v) is 8.76. The number of para-hydroxylation sites is 3. The third-order valence-corrected chi connectivity index (χ3v) is 6.34. The normalized spacial score (nSPS) is 16.0. The highest BCUT2D eigenvalue weighted by molar-refractivity contribution is 7.11. The molecule has 2 aliphatic heterocycles. The molecule has 2 aromatic carbocycles. The number of carbonyl (C=O) groups is 2. The lowest BCUT2D eigenvalue weighted by molar-refractivity contribution is -0.120. The number of anilines is 2. The minimum absolute atomic E-state index is 0.0800. The summed E-state index contributed by atoms with van der Waals surface area (Å²) in [6.45, 7) is 4.51. The lowest BCUT2D eigenvalue weighted by Crippen LogP contribution is -2.35. The van der Waals surface area contributed by atoms with Gasteiger partial charge in [-0.1, -0.05) is 36.4 Å². The molecule has 0 saturated carbocycles. The molecule has 3 aromatic rings. The maximum absolute atomic E-state index is 13.8. The molecule has 2 aliphatic rings. The lowest BCUT2D eigenvalue weighted by Gasteiger charge is -2.23. The topological polar surface area (TPSA) is 49.9 Å². The fourth-order valence-electron chi connectivity index (χ4n) is 4.20. The number of thiophene rings is 1. The zero-order chi connectivity index (χ0) is 21.5. The number of hydrogen-bond acceptors (Lipinski definition) is 5. The Labute approximate surface area is 185 Å². The van der Waals surface area contributed by atoms with E-state index in [1.165, 1.54) is 21.8 Å². The Hall–Kier alpha value is -3.38. The Morgan fingerprint density at radius 1 is 0.903 bits per heavy atom. The number of amides is 2. The summed E-state index contributed by atoms with van der Waals surface area (Å²) in [5.41, 5.74) is 3.54. The first-order valence-electron chi connectivity index (χ1n) is 10.3. The van der Waals surface area contributed by atoms with Crippen molar-refractivity contribution >= 4 is 40.1 Å². The molecule has 0 atom stereocenters. The lowest BCUT2D eigenvalue weighted by atomic mass is 10.1. The van der Waals surface area contributed by atoms with E-state index in [0.29, 0.717) is 29.3 Å². The summed E-state index contributed by atoms with van der Waals surface area (Å²) in [6.07, 6.45) is 0.759. The van der Waals surface area contributed by atoms with Gasteiger partial charge in [0.2, 0.25) is 0 Å². The van der Waals surface area contributed by atoms with Gasteiger partial charge in [0, 0.05) is 17.1 Å². The fraction of sp³-hybridized carbons (Fsp3) is 0.200. The van der Waals surface area contributed by atoms with Gasteiger partial charge in [-0.25, -0.2) is 4.90 Å². The number of nitrogens with zero attached hydrogens (tertiary/aromatic N) is 2. The van der Waals surface area contributed by atoms with Crippen LogP contribution in [0.3, 0.4) is 0 Å². The van der Waals surface area contributed by atoms with E-state index in [1.807, 2.05) is 66.6 Å². The van der Waals surface area contributed by atoms with Crippen molar-refractivity contribution in [3.05, 3.63) is 82.2 Å². The monoisotopic (exact) mass is 430 g/mol. The molecule has 5 nitrogen and oxygen atoms in total. The fourth-order valence-corrected chi connectivity index (χ4v) is 4.96. The predicted molar refractivity (Wildman–Crippen MR) is 123 cm³/mol. The van der Waals surface area contributed by atoms with E-state index in [-0.39, 0.29) is 17.9 Å². The molecule has 3 heterocycles. The molecule has 0 spiro atoms. The molecule has 0 radical (unpaired) electrons. The largest absolute Gasteiger partial charge is 0.489 e. The van der Waals surface area contributed by atoms with E-state index in [2.05, 4.69) is 6.07 Å². The third kappa shape index (κ3) is 3.24. The number of imide groups is 1. The van der Waals surface area contributed by atoms with Crippen molar-refractivity contribution in [1.82, 2.24) is 0 Å². The molecule has 0 saturated heterocycles. The molecule has 6 heteroatoms. The van der Waals surface area contributed by atoms with Crippen molar-refractivity contribution in [2.24, 2.45) is 0 Å². The molecule has 0 aliphatic carbocycles. The molecule has 0 unspecified atom stereocenters. The van der Waals surface area contributed by atoms with Crippen LogP contribution in [-0.2, 0) is 16.0 Å². The van der Waals surface area contributed by atoms with Crippen LogP contribution in [0.5, 0.6) is 5.75 Å². The van der Waals surface area contributed by atoms with Gasteiger partial charge < -0.3 is 9.64 Å². The van der Waals surface area contributed by atoms with E-state index in [0.717, 1.165) is 17.0 Å². The van der Waals surface area contributed by atoms with E-state index >= 15 is 0 Å². The van der Waals surface area contributed by atoms with Gasteiger partial charge in [-0.3, -0.25) is 9.59 Å². The average Bonchev–Trinajstić information content (AvgIpc) is 3.47. The van der Waals surface area contributed by atoms with Gasteiger partial charge in [0.1, 0.15) is 11.4 Å². The molecule has 2 amide bonds. The first-order valence-corrected chi connectivity index (χ1v) is 11.2. The van der Waals surface area contributed by atoms with Crippen molar-refractivity contribution in [2.75, 3.05) is 16.3 Å². The molecule has 0 bridgehead atoms. The maximum Gasteiger partial charge on any atom is 0.282 e. The summed E-state index contributed by atoms with van der Waals surface area (Å²) in [5.74, 6) is -0.107. The molecule has 156 valence electrons. The van der Waals surface area contributed by atoms with Crippen LogP contribution in [0.15, 0.2) is 71.7 Å². The average molecular weight is 431 g/mol. The Balaban J connectivity index is 1.65. The molecule has 31 heavy (non-hydrogen) atoms. The number of ether oxygens (including phenoxy) is 1. The molecule has 0 fully saturated rings. The number of carbonyl (C=O) groups excluding carboxylic acids is 2. The van der Waals surface area contributed by atoms with Crippen LogP contribution < -0.4 is 14.5 Å². The van der Waals surface area contributed by atoms with Crippen molar-refractivity contribution in [3.8, 4) is 5.75 Å². The van der Waals surface area contributed by atoms with E-state index < -0.39 is 0 Å². The molecular weight excluding hydrogens is 408 g/mol.